The van der Waals surface area contributed by atoms with Crippen molar-refractivity contribution in [2.24, 2.45) is 10.3 Å². The Kier molecular flexibility index (Phi) is 5.20. The zero-order chi connectivity index (χ0) is 22.1. The van der Waals surface area contributed by atoms with E-state index >= 15 is 0 Å². The molecule has 0 unspecified atom stereocenters. The maximum Gasteiger partial charge on any atom is 0.129 e. The summed E-state index contributed by atoms with van der Waals surface area (Å²) in [6.07, 6.45) is 5.12. The van der Waals surface area contributed by atoms with Crippen LogP contribution in [0.3, 0.4) is 0 Å². The highest BCUT2D eigenvalue weighted by Gasteiger charge is 2.22. The summed E-state index contributed by atoms with van der Waals surface area (Å²) in [6, 6.07) is 15.4. The molecule has 0 spiro atoms. The van der Waals surface area contributed by atoms with Crippen LogP contribution in [0, 0.1) is 0 Å². The number of aryl methyl sites for hydroxylation is 1. The standard InChI is InChI=1S/C24H20N4O3S/c1-31-17-6-2-14(3-7-17)22(28-30)24-23(19-10-11-25-13-21(19)32-24)26-16-5-8-18-15(12-16)4-9-20(18)27-29/h2-3,5-8,10-13,26,29-30H,4,9H2,1H3/b27-20-,28-22?. The molecule has 0 atom stereocenters. The van der Waals surface area contributed by atoms with Gasteiger partial charge in [-0.15, -0.1) is 11.3 Å². The number of thiophene rings is 1. The Morgan fingerprint density at radius 2 is 1.94 bits per heavy atom. The highest BCUT2D eigenvalue weighted by atomic mass is 32.1. The van der Waals surface area contributed by atoms with Crippen LogP contribution in [0.1, 0.15) is 28.0 Å². The fourth-order valence-electron chi connectivity index (χ4n) is 4.02. The van der Waals surface area contributed by atoms with Gasteiger partial charge in [0.25, 0.3) is 0 Å². The van der Waals surface area contributed by atoms with Gasteiger partial charge in [-0.05, 0) is 60.9 Å². The van der Waals surface area contributed by atoms with Crippen LogP contribution in [0.5, 0.6) is 5.75 Å². The molecule has 2 heterocycles. The van der Waals surface area contributed by atoms with Crippen LogP contribution in [-0.4, -0.2) is 33.9 Å². The van der Waals surface area contributed by atoms with Crippen molar-refractivity contribution in [1.29, 1.82) is 0 Å². The van der Waals surface area contributed by atoms with Gasteiger partial charge in [-0.3, -0.25) is 4.98 Å². The molecule has 5 rings (SSSR count). The highest BCUT2D eigenvalue weighted by molar-refractivity contribution is 7.21. The SMILES string of the molecule is COc1ccc(C(=NO)c2sc3cnccc3c2Nc2ccc3c(c2)CC/C3=N/O)cc1. The summed E-state index contributed by atoms with van der Waals surface area (Å²) in [7, 11) is 1.61. The van der Waals surface area contributed by atoms with Crippen LogP contribution in [0.15, 0.2) is 71.2 Å². The first-order chi connectivity index (χ1) is 15.7. The largest absolute Gasteiger partial charge is 0.497 e. The van der Waals surface area contributed by atoms with E-state index in [1.807, 2.05) is 48.7 Å². The Balaban J connectivity index is 1.59. The summed E-state index contributed by atoms with van der Waals surface area (Å²) >= 11 is 1.51. The van der Waals surface area contributed by atoms with Gasteiger partial charge >= 0.3 is 0 Å². The smallest absolute Gasteiger partial charge is 0.129 e. The van der Waals surface area contributed by atoms with Gasteiger partial charge in [0, 0.05) is 34.6 Å². The third kappa shape index (κ3) is 3.44. The lowest BCUT2D eigenvalue weighted by Crippen LogP contribution is -2.05. The second-order valence-corrected chi connectivity index (χ2v) is 8.45. The van der Waals surface area contributed by atoms with Crippen LogP contribution >= 0.6 is 11.3 Å². The molecule has 1 aliphatic rings. The van der Waals surface area contributed by atoms with Crippen molar-refractivity contribution < 1.29 is 15.2 Å². The summed E-state index contributed by atoms with van der Waals surface area (Å²) in [6.45, 7) is 0. The minimum atomic E-state index is 0.465. The summed E-state index contributed by atoms with van der Waals surface area (Å²) in [5.41, 5.74) is 5.83. The van der Waals surface area contributed by atoms with Crippen LogP contribution in [0.25, 0.3) is 10.1 Å². The first kappa shape index (κ1) is 20.0. The Morgan fingerprint density at radius 3 is 2.69 bits per heavy atom. The van der Waals surface area contributed by atoms with E-state index in [1.165, 1.54) is 11.3 Å². The number of rotatable bonds is 5. The third-order valence-corrected chi connectivity index (χ3v) is 6.76. The lowest BCUT2D eigenvalue weighted by atomic mass is 10.1. The van der Waals surface area contributed by atoms with Crippen molar-refractivity contribution in [2.75, 3.05) is 12.4 Å². The van der Waals surface area contributed by atoms with Crippen molar-refractivity contribution in [1.82, 2.24) is 4.98 Å². The van der Waals surface area contributed by atoms with Gasteiger partial charge < -0.3 is 20.5 Å². The van der Waals surface area contributed by atoms with Crippen molar-refractivity contribution in [3.05, 3.63) is 82.5 Å². The molecule has 0 amide bonds. The minimum absolute atomic E-state index is 0.465. The molecule has 4 aromatic rings. The number of methoxy groups -OCH3 is 1. The Labute approximate surface area is 188 Å². The zero-order valence-corrected chi connectivity index (χ0v) is 18.1. The van der Waals surface area contributed by atoms with E-state index in [1.54, 1.807) is 13.3 Å². The van der Waals surface area contributed by atoms with Gasteiger partial charge in [-0.2, -0.15) is 0 Å². The molecule has 0 radical (unpaired) electrons. The van der Waals surface area contributed by atoms with E-state index in [9.17, 15) is 10.4 Å². The number of anilines is 2. The number of nitrogens with one attached hydrogen (secondary N) is 1. The van der Waals surface area contributed by atoms with Gasteiger partial charge in [0.1, 0.15) is 11.5 Å². The van der Waals surface area contributed by atoms with Crippen LogP contribution < -0.4 is 10.1 Å². The molecule has 1 aliphatic carbocycles. The number of oxime groups is 2. The topological polar surface area (TPSA) is 99.3 Å². The molecule has 32 heavy (non-hydrogen) atoms. The molecule has 160 valence electrons. The van der Waals surface area contributed by atoms with E-state index in [2.05, 4.69) is 26.7 Å². The zero-order valence-electron chi connectivity index (χ0n) is 17.2. The molecule has 0 saturated heterocycles. The average Bonchev–Trinajstić information content (AvgIpc) is 3.41. The molecule has 8 heteroatoms. The van der Waals surface area contributed by atoms with E-state index in [4.69, 9.17) is 4.74 Å². The Morgan fingerprint density at radius 1 is 1.09 bits per heavy atom. The number of aromatic nitrogens is 1. The maximum atomic E-state index is 9.94. The molecule has 0 bridgehead atoms. The summed E-state index contributed by atoms with van der Waals surface area (Å²) < 4.78 is 6.23. The number of pyridine rings is 1. The fourth-order valence-corrected chi connectivity index (χ4v) is 5.15. The molecular formula is C24H20N4O3S. The van der Waals surface area contributed by atoms with Gasteiger partial charge in [-0.1, -0.05) is 16.4 Å². The van der Waals surface area contributed by atoms with Crippen LogP contribution in [0.2, 0.25) is 0 Å². The lowest BCUT2D eigenvalue weighted by molar-refractivity contribution is 0.318. The fraction of sp³-hybridized carbons (Fsp3) is 0.125. The third-order valence-electron chi connectivity index (χ3n) is 5.61. The molecular weight excluding hydrogens is 424 g/mol. The van der Waals surface area contributed by atoms with E-state index in [0.717, 1.165) is 61.6 Å². The number of hydrogen-bond donors (Lipinski definition) is 3. The van der Waals surface area contributed by atoms with E-state index < -0.39 is 0 Å². The van der Waals surface area contributed by atoms with Gasteiger partial charge in [0.2, 0.25) is 0 Å². The van der Waals surface area contributed by atoms with Crippen LogP contribution in [-0.2, 0) is 6.42 Å². The number of benzene rings is 2. The Bertz CT molecular complexity index is 1360. The quantitative estimate of drug-likeness (QED) is 0.217. The van der Waals surface area contributed by atoms with Crippen molar-refractivity contribution in [2.45, 2.75) is 12.8 Å². The normalized spacial score (nSPS) is 14.7. The number of ether oxygens (including phenoxy) is 1. The second-order valence-electron chi connectivity index (χ2n) is 7.40. The molecule has 2 aromatic heterocycles. The van der Waals surface area contributed by atoms with Gasteiger partial charge in [-0.25, -0.2) is 0 Å². The molecule has 2 aromatic carbocycles. The van der Waals surface area contributed by atoms with Crippen molar-refractivity contribution >= 4 is 44.2 Å². The second kappa shape index (κ2) is 8.32. The molecule has 3 N–H and O–H groups in total. The van der Waals surface area contributed by atoms with Crippen molar-refractivity contribution in [3.8, 4) is 5.75 Å². The minimum Gasteiger partial charge on any atom is -0.497 e. The first-order valence-electron chi connectivity index (χ1n) is 10.1. The predicted octanol–water partition coefficient (Wildman–Crippen LogP) is 5.40. The molecule has 7 nitrogen and oxygen atoms in total. The summed E-state index contributed by atoms with van der Waals surface area (Å²) in [4.78, 5) is 5.05. The lowest BCUT2D eigenvalue weighted by Gasteiger charge is -2.12. The highest BCUT2D eigenvalue weighted by Crippen LogP contribution is 2.39. The number of fused-ring (bicyclic) bond motifs is 2. The van der Waals surface area contributed by atoms with Crippen molar-refractivity contribution in [3.63, 3.8) is 0 Å². The van der Waals surface area contributed by atoms with Gasteiger partial charge in [0.15, 0.2) is 0 Å². The Hall–Kier alpha value is -3.91. The maximum absolute atomic E-state index is 9.94. The van der Waals surface area contributed by atoms with E-state index in [-0.39, 0.29) is 0 Å². The number of nitrogens with zero attached hydrogens (tertiary/aromatic N) is 3. The molecule has 0 fully saturated rings. The molecule has 0 aliphatic heterocycles. The monoisotopic (exact) mass is 444 g/mol. The molecule has 0 saturated carbocycles. The van der Waals surface area contributed by atoms with E-state index in [0.29, 0.717) is 11.4 Å². The summed E-state index contributed by atoms with van der Waals surface area (Å²) in [5.74, 6) is 0.730. The number of hydrogen-bond acceptors (Lipinski definition) is 8. The summed E-state index contributed by atoms with van der Waals surface area (Å²) in [5, 5.41) is 30.7. The average molecular weight is 445 g/mol. The first-order valence-corrected chi connectivity index (χ1v) is 10.9. The van der Waals surface area contributed by atoms with Crippen LogP contribution in [0.4, 0.5) is 11.4 Å². The predicted molar refractivity (Wildman–Crippen MR) is 126 cm³/mol. The van der Waals surface area contributed by atoms with Gasteiger partial charge in [0.05, 0.1) is 28.1 Å².